The highest BCUT2D eigenvalue weighted by molar-refractivity contribution is 5.82. The molecule has 5 aliphatic rings. The van der Waals surface area contributed by atoms with Gasteiger partial charge in [-0.25, -0.2) is 4.39 Å². The Morgan fingerprint density at radius 1 is 1.07 bits per heavy atom. The van der Waals surface area contributed by atoms with Crippen molar-refractivity contribution in [1.29, 1.82) is 0 Å². The van der Waals surface area contributed by atoms with Gasteiger partial charge in [0.25, 0.3) is 0 Å². The van der Waals surface area contributed by atoms with E-state index in [-0.39, 0.29) is 23.9 Å². The molecule has 5 nitrogen and oxygen atoms in total. The lowest BCUT2D eigenvalue weighted by Crippen LogP contribution is -2.50. The summed E-state index contributed by atoms with van der Waals surface area (Å²) >= 11 is 0. The van der Waals surface area contributed by atoms with Gasteiger partial charge in [-0.1, -0.05) is 13.3 Å². The SMILES string of the molecule is CC1CCC(F)C2CC(C(=O)NC3CCCC(C4CCC5CNCN5C4)C3)NC12. The summed E-state index contributed by atoms with van der Waals surface area (Å²) < 4.78 is 14.4. The Morgan fingerprint density at radius 3 is 2.83 bits per heavy atom. The molecule has 0 radical (unpaired) electrons. The van der Waals surface area contributed by atoms with E-state index >= 15 is 0 Å². The van der Waals surface area contributed by atoms with Crippen LogP contribution in [0.5, 0.6) is 0 Å². The molecule has 9 unspecified atom stereocenters. The van der Waals surface area contributed by atoms with Crippen LogP contribution in [-0.2, 0) is 4.79 Å². The summed E-state index contributed by atoms with van der Waals surface area (Å²) in [6.07, 6.45) is 8.96. The first-order valence-corrected chi connectivity index (χ1v) is 12.2. The molecule has 3 saturated heterocycles. The van der Waals surface area contributed by atoms with Crippen molar-refractivity contribution in [3.8, 4) is 0 Å². The van der Waals surface area contributed by atoms with E-state index in [1.54, 1.807) is 0 Å². The van der Waals surface area contributed by atoms with Crippen LogP contribution in [0.3, 0.4) is 0 Å². The van der Waals surface area contributed by atoms with Crippen LogP contribution in [0.15, 0.2) is 0 Å². The van der Waals surface area contributed by atoms with Gasteiger partial charge < -0.3 is 16.0 Å². The van der Waals surface area contributed by atoms with E-state index in [0.29, 0.717) is 24.8 Å². The lowest BCUT2D eigenvalue weighted by Gasteiger charge is -2.41. The normalized spacial score (nSPS) is 48.1. The molecular formula is C23H39FN4O. The predicted molar refractivity (Wildman–Crippen MR) is 112 cm³/mol. The monoisotopic (exact) mass is 406 g/mol. The standard InChI is InChI=1S/C23H39FN4O/c1-14-5-8-20(24)19-10-21(27-22(14)19)23(29)26-17-4-2-3-15(9-17)16-6-7-18-11-25-13-28(18)12-16/h14-22,25,27H,2-13H2,1H3,(H,26,29). The van der Waals surface area contributed by atoms with Crippen LogP contribution in [-0.4, -0.2) is 60.9 Å². The average molecular weight is 407 g/mol. The fraction of sp³-hybridized carbons (Fsp3) is 0.957. The van der Waals surface area contributed by atoms with E-state index in [2.05, 4.69) is 27.8 Å². The van der Waals surface area contributed by atoms with Crippen molar-refractivity contribution in [2.45, 2.75) is 95.1 Å². The molecule has 3 aliphatic heterocycles. The van der Waals surface area contributed by atoms with E-state index in [4.69, 9.17) is 0 Å². The Morgan fingerprint density at radius 2 is 1.97 bits per heavy atom. The molecule has 164 valence electrons. The number of fused-ring (bicyclic) bond motifs is 2. The first kappa shape index (κ1) is 20.2. The van der Waals surface area contributed by atoms with Crippen LogP contribution in [0.2, 0.25) is 0 Å². The zero-order valence-corrected chi connectivity index (χ0v) is 17.9. The fourth-order valence-electron chi connectivity index (χ4n) is 7.20. The van der Waals surface area contributed by atoms with Crippen molar-refractivity contribution >= 4 is 5.91 Å². The van der Waals surface area contributed by atoms with E-state index < -0.39 is 6.17 Å². The maximum absolute atomic E-state index is 14.4. The number of amides is 1. The van der Waals surface area contributed by atoms with E-state index in [1.807, 2.05) is 0 Å². The minimum absolute atomic E-state index is 0.0258. The van der Waals surface area contributed by atoms with Gasteiger partial charge in [-0.05, 0) is 69.1 Å². The Kier molecular flexibility index (Phi) is 5.87. The molecule has 5 rings (SSSR count). The second-order valence-electron chi connectivity index (χ2n) is 10.7. The van der Waals surface area contributed by atoms with Crippen molar-refractivity contribution in [3.63, 3.8) is 0 Å². The summed E-state index contributed by atoms with van der Waals surface area (Å²) in [6, 6.07) is 1.04. The van der Waals surface area contributed by atoms with Crippen LogP contribution in [0.1, 0.15) is 64.7 Å². The smallest absolute Gasteiger partial charge is 0.237 e. The lowest BCUT2D eigenvalue weighted by atomic mass is 9.74. The number of carbonyl (C=O) groups excluding carboxylic acids is 1. The molecule has 0 aromatic rings. The molecule has 3 N–H and O–H groups in total. The number of nitrogens with one attached hydrogen (secondary N) is 3. The van der Waals surface area contributed by atoms with Gasteiger partial charge in [0.1, 0.15) is 6.17 Å². The largest absolute Gasteiger partial charge is 0.352 e. The van der Waals surface area contributed by atoms with E-state index in [1.165, 1.54) is 32.2 Å². The van der Waals surface area contributed by atoms with Crippen molar-refractivity contribution in [2.75, 3.05) is 19.8 Å². The maximum Gasteiger partial charge on any atom is 0.237 e. The first-order chi connectivity index (χ1) is 14.1. The number of piperidine rings is 1. The summed E-state index contributed by atoms with van der Waals surface area (Å²) in [4.78, 5) is 15.6. The quantitative estimate of drug-likeness (QED) is 0.674. The third-order valence-electron chi connectivity index (χ3n) is 8.93. The molecule has 0 spiro atoms. The first-order valence-electron chi connectivity index (χ1n) is 12.2. The Hall–Kier alpha value is -0.720. The topological polar surface area (TPSA) is 56.4 Å². The summed E-state index contributed by atoms with van der Waals surface area (Å²) in [5.41, 5.74) is 0. The van der Waals surface area contributed by atoms with Crippen LogP contribution in [0, 0.1) is 23.7 Å². The third-order valence-corrected chi connectivity index (χ3v) is 8.93. The fourth-order valence-corrected chi connectivity index (χ4v) is 7.20. The molecule has 9 atom stereocenters. The summed E-state index contributed by atoms with van der Waals surface area (Å²) in [5.74, 6) is 2.14. The molecule has 2 saturated carbocycles. The highest BCUT2D eigenvalue weighted by atomic mass is 19.1. The van der Waals surface area contributed by atoms with Gasteiger partial charge in [0.2, 0.25) is 5.91 Å². The van der Waals surface area contributed by atoms with Crippen molar-refractivity contribution in [1.82, 2.24) is 20.9 Å². The Balaban J connectivity index is 1.14. The molecule has 0 aromatic carbocycles. The average Bonchev–Trinajstić information content (AvgIpc) is 3.38. The van der Waals surface area contributed by atoms with E-state index in [0.717, 1.165) is 50.4 Å². The van der Waals surface area contributed by atoms with Gasteiger partial charge in [-0.15, -0.1) is 0 Å². The van der Waals surface area contributed by atoms with Gasteiger partial charge in [0.05, 0.1) is 6.04 Å². The number of carbonyl (C=O) groups is 1. The summed E-state index contributed by atoms with van der Waals surface area (Å²) in [7, 11) is 0. The number of nitrogens with zero attached hydrogens (tertiary/aromatic N) is 1. The molecule has 2 aliphatic carbocycles. The molecule has 3 heterocycles. The van der Waals surface area contributed by atoms with Crippen molar-refractivity contribution in [2.24, 2.45) is 23.7 Å². The minimum Gasteiger partial charge on any atom is -0.352 e. The van der Waals surface area contributed by atoms with Gasteiger partial charge in [0, 0.05) is 43.8 Å². The molecule has 29 heavy (non-hydrogen) atoms. The summed E-state index contributed by atoms with van der Waals surface area (Å²) in [5, 5.41) is 10.4. The molecule has 0 bridgehead atoms. The zero-order chi connectivity index (χ0) is 20.0. The minimum atomic E-state index is -0.740. The molecule has 0 aromatic heterocycles. The highest BCUT2D eigenvalue weighted by Gasteiger charge is 2.46. The molecule has 5 fully saturated rings. The predicted octanol–water partition coefficient (Wildman–Crippen LogP) is 2.42. The molecular weight excluding hydrogens is 367 g/mol. The zero-order valence-electron chi connectivity index (χ0n) is 17.9. The lowest BCUT2D eigenvalue weighted by molar-refractivity contribution is -0.124. The third kappa shape index (κ3) is 4.09. The Bertz CT molecular complexity index is 585. The van der Waals surface area contributed by atoms with Crippen LogP contribution >= 0.6 is 0 Å². The molecule has 1 amide bonds. The number of hydrogen-bond donors (Lipinski definition) is 3. The number of alkyl halides is 1. The van der Waals surface area contributed by atoms with Gasteiger partial charge in [0.15, 0.2) is 0 Å². The summed E-state index contributed by atoms with van der Waals surface area (Å²) in [6.45, 7) is 5.64. The van der Waals surface area contributed by atoms with Crippen LogP contribution in [0.4, 0.5) is 4.39 Å². The number of rotatable bonds is 3. The Labute approximate surface area is 174 Å². The number of hydrogen-bond acceptors (Lipinski definition) is 4. The van der Waals surface area contributed by atoms with Crippen LogP contribution in [0.25, 0.3) is 0 Å². The van der Waals surface area contributed by atoms with Gasteiger partial charge in [-0.2, -0.15) is 0 Å². The van der Waals surface area contributed by atoms with Crippen molar-refractivity contribution in [3.05, 3.63) is 0 Å². The van der Waals surface area contributed by atoms with Gasteiger partial charge in [-0.3, -0.25) is 9.69 Å². The van der Waals surface area contributed by atoms with Crippen LogP contribution < -0.4 is 16.0 Å². The second-order valence-corrected chi connectivity index (χ2v) is 10.7. The second kappa shape index (κ2) is 8.43. The highest BCUT2D eigenvalue weighted by Crippen LogP contribution is 2.39. The molecule has 6 heteroatoms. The van der Waals surface area contributed by atoms with Gasteiger partial charge >= 0.3 is 0 Å². The van der Waals surface area contributed by atoms with E-state index in [9.17, 15) is 9.18 Å². The van der Waals surface area contributed by atoms with Crippen molar-refractivity contribution < 1.29 is 9.18 Å². The maximum atomic E-state index is 14.4. The number of halogens is 1.